The standard InChI is InChI=1S/C23H36N4O2/c1-15-13-27(14-16(2)29-15)22-24-12-18-19(10-23(3,4)11-20(18)26-22)25-21(28)9-17-7-5-6-8-17/h12,15-17,19H,5-11,13-14H2,1-4H3,(H,25,28). The highest BCUT2D eigenvalue weighted by atomic mass is 16.5. The number of aromatic nitrogens is 2. The summed E-state index contributed by atoms with van der Waals surface area (Å²) in [5, 5.41) is 3.32. The SMILES string of the molecule is CC1CN(c2ncc3c(n2)CC(C)(C)CC3NC(=O)CC2CCCC2)CC(C)O1. The smallest absolute Gasteiger partial charge is 0.225 e. The molecule has 1 aromatic rings. The van der Waals surface area contributed by atoms with E-state index < -0.39 is 0 Å². The van der Waals surface area contributed by atoms with Crippen molar-refractivity contribution in [3.05, 3.63) is 17.5 Å². The number of ether oxygens (including phenoxy) is 1. The van der Waals surface area contributed by atoms with Gasteiger partial charge in [0.25, 0.3) is 0 Å². The maximum Gasteiger partial charge on any atom is 0.225 e. The van der Waals surface area contributed by atoms with E-state index in [2.05, 4.69) is 37.9 Å². The number of carbonyl (C=O) groups excluding carboxylic acids is 1. The van der Waals surface area contributed by atoms with Crippen LogP contribution in [0.1, 0.15) is 83.5 Å². The van der Waals surface area contributed by atoms with Gasteiger partial charge in [0.2, 0.25) is 11.9 Å². The van der Waals surface area contributed by atoms with Gasteiger partial charge in [-0.15, -0.1) is 0 Å². The van der Waals surface area contributed by atoms with Crippen molar-refractivity contribution in [2.45, 2.75) is 90.9 Å². The lowest BCUT2D eigenvalue weighted by Crippen LogP contribution is -2.46. The van der Waals surface area contributed by atoms with Gasteiger partial charge < -0.3 is 15.0 Å². The van der Waals surface area contributed by atoms with Gasteiger partial charge in [0.15, 0.2) is 0 Å². The molecule has 2 aliphatic carbocycles. The van der Waals surface area contributed by atoms with Crippen LogP contribution in [0.15, 0.2) is 6.20 Å². The van der Waals surface area contributed by atoms with Crippen molar-refractivity contribution >= 4 is 11.9 Å². The lowest BCUT2D eigenvalue weighted by Gasteiger charge is -2.38. The normalized spacial score (nSPS) is 29.5. The second-order valence-corrected chi connectivity index (χ2v) is 10.3. The number of fused-ring (bicyclic) bond motifs is 1. The van der Waals surface area contributed by atoms with Gasteiger partial charge in [0.1, 0.15) is 0 Å². The number of hydrogen-bond donors (Lipinski definition) is 1. The van der Waals surface area contributed by atoms with Crippen LogP contribution in [0.2, 0.25) is 0 Å². The van der Waals surface area contributed by atoms with E-state index in [1.807, 2.05) is 6.20 Å². The molecule has 0 bridgehead atoms. The molecule has 1 N–H and O–H groups in total. The zero-order valence-corrected chi connectivity index (χ0v) is 18.4. The predicted octanol–water partition coefficient (Wildman–Crippen LogP) is 3.80. The van der Waals surface area contributed by atoms with Gasteiger partial charge in [-0.2, -0.15) is 0 Å². The predicted molar refractivity (Wildman–Crippen MR) is 114 cm³/mol. The molecule has 1 saturated carbocycles. The van der Waals surface area contributed by atoms with Crippen LogP contribution in [0.3, 0.4) is 0 Å². The number of morpholine rings is 1. The molecule has 0 radical (unpaired) electrons. The van der Waals surface area contributed by atoms with Crippen LogP contribution in [0.5, 0.6) is 0 Å². The minimum absolute atomic E-state index is 0.0132. The number of amides is 1. The van der Waals surface area contributed by atoms with Gasteiger partial charge in [-0.25, -0.2) is 9.97 Å². The van der Waals surface area contributed by atoms with Crippen molar-refractivity contribution in [2.75, 3.05) is 18.0 Å². The summed E-state index contributed by atoms with van der Waals surface area (Å²) in [5.74, 6) is 1.54. The fourth-order valence-corrected chi connectivity index (χ4v) is 5.39. The summed E-state index contributed by atoms with van der Waals surface area (Å²) in [7, 11) is 0. The summed E-state index contributed by atoms with van der Waals surface area (Å²) in [6.45, 7) is 10.4. The van der Waals surface area contributed by atoms with Gasteiger partial charge >= 0.3 is 0 Å². The molecular formula is C23H36N4O2. The number of anilines is 1. The Morgan fingerprint density at radius 1 is 1.24 bits per heavy atom. The van der Waals surface area contributed by atoms with Gasteiger partial charge in [0.05, 0.1) is 23.9 Å². The van der Waals surface area contributed by atoms with Crippen LogP contribution < -0.4 is 10.2 Å². The summed E-state index contributed by atoms with van der Waals surface area (Å²) in [6.07, 6.45) is 9.76. The maximum atomic E-state index is 12.7. The largest absolute Gasteiger partial charge is 0.372 e. The fraction of sp³-hybridized carbons (Fsp3) is 0.783. The molecule has 6 heteroatoms. The molecule has 0 spiro atoms. The molecule has 4 rings (SSSR count). The Hall–Kier alpha value is -1.69. The molecule has 1 saturated heterocycles. The van der Waals surface area contributed by atoms with Gasteiger partial charge in [-0.3, -0.25) is 4.79 Å². The molecule has 0 aromatic carbocycles. The van der Waals surface area contributed by atoms with Crippen LogP contribution in [-0.2, 0) is 16.0 Å². The fourth-order valence-electron chi connectivity index (χ4n) is 5.39. The number of hydrogen-bond acceptors (Lipinski definition) is 5. The summed E-state index contributed by atoms with van der Waals surface area (Å²) in [5.41, 5.74) is 2.29. The van der Waals surface area contributed by atoms with E-state index >= 15 is 0 Å². The summed E-state index contributed by atoms with van der Waals surface area (Å²) in [4.78, 5) is 24.6. The van der Waals surface area contributed by atoms with Crippen LogP contribution in [0.25, 0.3) is 0 Å². The molecular weight excluding hydrogens is 364 g/mol. The molecule has 3 unspecified atom stereocenters. The van der Waals surface area contributed by atoms with Crippen molar-refractivity contribution in [1.29, 1.82) is 0 Å². The molecule has 1 amide bonds. The van der Waals surface area contributed by atoms with Crippen LogP contribution >= 0.6 is 0 Å². The van der Waals surface area contributed by atoms with E-state index in [9.17, 15) is 4.79 Å². The van der Waals surface area contributed by atoms with Crippen molar-refractivity contribution in [3.63, 3.8) is 0 Å². The Labute approximate surface area is 174 Å². The Kier molecular flexibility index (Phi) is 5.83. The number of nitrogens with zero attached hydrogens (tertiary/aromatic N) is 3. The summed E-state index contributed by atoms with van der Waals surface area (Å²) in [6, 6.07) is 0.0132. The molecule has 1 aromatic heterocycles. The van der Waals surface area contributed by atoms with E-state index in [-0.39, 0.29) is 29.6 Å². The Balaban J connectivity index is 1.51. The minimum Gasteiger partial charge on any atom is -0.372 e. The lowest BCUT2D eigenvalue weighted by atomic mass is 9.74. The summed E-state index contributed by atoms with van der Waals surface area (Å²) >= 11 is 0. The quantitative estimate of drug-likeness (QED) is 0.833. The molecule has 3 aliphatic rings. The third kappa shape index (κ3) is 4.90. The van der Waals surface area contributed by atoms with Crippen LogP contribution in [-0.4, -0.2) is 41.2 Å². The molecule has 2 fully saturated rings. The van der Waals surface area contributed by atoms with Gasteiger partial charge in [-0.1, -0.05) is 26.7 Å². The Morgan fingerprint density at radius 2 is 1.93 bits per heavy atom. The van der Waals surface area contributed by atoms with E-state index in [0.717, 1.165) is 43.1 Å². The first kappa shape index (κ1) is 20.6. The van der Waals surface area contributed by atoms with E-state index in [1.165, 1.54) is 25.7 Å². The Morgan fingerprint density at radius 3 is 2.62 bits per heavy atom. The average Bonchev–Trinajstić information content (AvgIpc) is 3.12. The highest BCUT2D eigenvalue weighted by Crippen LogP contribution is 2.40. The molecule has 1 aliphatic heterocycles. The molecule has 160 valence electrons. The Bertz CT molecular complexity index is 734. The zero-order valence-electron chi connectivity index (χ0n) is 18.4. The van der Waals surface area contributed by atoms with Crippen molar-refractivity contribution in [2.24, 2.45) is 11.3 Å². The van der Waals surface area contributed by atoms with Crippen LogP contribution in [0.4, 0.5) is 5.95 Å². The summed E-state index contributed by atoms with van der Waals surface area (Å²) < 4.78 is 5.85. The van der Waals surface area contributed by atoms with E-state index in [4.69, 9.17) is 14.7 Å². The van der Waals surface area contributed by atoms with Crippen molar-refractivity contribution < 1.29 is 9.53 Å². The monoisotopic (exact) mass is 400 g/mol. The van der Waals surface area contributed by atoms with Gasteiger partial charge in [0, 0.05) is 31.3 Å². The first-order valence-corrected chi connectivity index (χ1v) is 11.3. The maximum absolute atomic E-state index is 12.7. The van der Waals surface area contributed by atoms with Crippen molar-refractivity contribution in [1.82, 2.24) is 15.3 Å². The number of nitrogens with one attached hydrogen (secondary N) is 1. The third-order valence-corrected chi connectivity index (χ3v) is 6.65. The molecule has 29 heavy (non-hydrogen) atoms. The third-order valence-electron chi connectivity index (χ3n) is 6.65. The average molecular weight is 401 g/mol. The first-order chi connectivity index (χ1) is 13.8. The van der Waals surface area contributed by atoms with Crippen LogP contribution in [0, 0.1) is 11.3 Å². The lowest BCUT2D eigenvalue weighted by molar-refractivity contribution is -0.123. The minimum atomic E-state index is 0.0132. The molecule has 2 heterocycles. The molecule has 3 atom stereocenters. The topological polar surface area (TPSA) is 67.4 Å². The highest BCUT2D eigenvalue weighted by Gasteiger charge is 2.35. The first-order valence-electron chi connectivity index (χ1n) is 11.3. The second kappa shape index (κ2) is 8.21. The molecule has 6 nitrogen and oxygen atoms in total. The van der Waals surface area contributed by atoms with E-state index in [1.54, 1.807) is 0 Å². The second-order valence-electron chi connectivity index (χ2n) is 10.3. The van der Waals surface area contributed by atoms with Crippen molar-refractivity contribution in [3.8, 4) is 0 Å². The van der Waals surface area contributed by atoms with Gasteiger partial charge in [-0.05, 0) is 50.9 Å². The zero-order chi connectivity index (χ0) is 20.6. The number of carbonyl (C=O) groups is 1. The highest BCUT2D eigenvalue weighted by molar-refractivity contribution is 5.76. The van der Waals surface area contributed by atoms with E-state index in [0.29, 0.717) is 12.3 Å². The number of rotatable bonds is 4.